The number of piperidine rings is 1. The first-order valence-corrected chi connectivity index (χ1v) is 9.01. The van der Waals surface area contributed by atoms with E-state index in [-0.39, 0.29) is 12.0 Å². The molecule has 1 aromatic rings. The summed E-state index contributed by atoms with van der Waals surface area (Å²) < 4.78 is 0. The van der Waals surface area contributed by atoms with Gasteiger partial charge >= 0.3 is 0 Å². The van der Waals surface area contributed by atoms with Crippen molar-refractivity contribution in [2.45, 2.75) is 51.9 Å². The van der Waals surface area contributed by atoms with Crippen LogP contribution in [0.2, 0.25) is 0 Å². The third-order valence-electron chi connectivity index (χ3n) is 5.42. The molecule has 3 nitrogen and oxygen atoms in total. The number of aryl methyl sites for hydroxylation is 1. The van der Waals surface area contributed by atoms with Gasteiger partial charge in [0.15, 0.2) is 0 Å². The molecular weight excluding hydrogens is 284 g/mol. The normalized spacial score (nSPS) is 19.0. The van der Waals surface area contributed by atoms with Crippen LogP contribution in [-0.4, -0.2) is 42.8 Å². The van der Waals surface area contributed by atoms with Crippen molar-refractivity contribution in [1.29, 1.82) is 0 Å². The lowest BCUT2D eigenvalue weighted by Crippen LogP contribution is -2.38. The summed E-state index contributed by atoms with van der Waals surface area (Å²) in [6.45, 7) is 13.0. The van der Waals surface area contributed by atoms with E-state index in [1.165, 1.54) is 29.5 Å². The zero-order chi connectivity index (χ0) is 17.0. The first kappa shape index (κ1) is 18.4. The summed E-state index contributed by atoms with van der Waals surface area (Å²) in [6, 6.07) is 6.92. The molecule has 1 aliphatic rings. The van der Waals surface area contributed by atoms with Gasteiger partial charge < -0.3 is 15.7 Å². The Morgan fingerprint density at radius 2 is 1.91 bits per heavy atom. The molecule has 1 aliphatic heterocycles. The highest BCUT2D eigenvalue weighted by Crippen LogP contribution is 2.35. The van der Waals surface area contributed by atoms with Crippen LogP contribution in [0.15, 0.2) is 18.2 Å². The molecule has 3 N–H and O–H groups in total. The van der Waals surface area contributed by atoms with Crippen LogP contribution in [0.5, 0.6) is 0 Å². The second kappa shape index (κ2) is 7.78. The van der Waals surface area contributed by atoms with Crippen LogP contribution in [0.3, 0.4) is 0 Å². The molecule has 0 aromatic heterocycles. The van der Waals surface area contributed by atoms with Crippen LogP contribution in [0, 0.1) is 12.8 Å². The third-order valence-corrected chi connectivity index (χ3v) is 5.42. The molecule has 2 rings (SSSR count). The van der Waals surface area contributed by atoms with E-state index in [0.717, 1.165) is 26.2 Å². The van der Waals surface area contributed by atoms with Crippen molar-refractivity contribution in [2.24, 2.45) is 11.7 Å². The van der Waals surface area contributed by atoms with Gasteiger partial charge in [0.05, 0.1) is 6.61 Å². The second-order valence-corrected chi connectivity index (χ2v) is 8.07. The smallest absolute Gasteiger partial charge is 0.0558 e. The Hall–Kier alpha value is -0.900. The number of hydrogen-bond acceptors (Lipinski definition) is 3. The number of hydrogen-bond donors (Lipinski definition) is 2. The van der Waals surface area contributed by atoms with Crippen LogP contribution >= 0.6 is 0 Å². The number of rotatable bonds is 5. The molecule has 1 unspecified atom stereocenters. The van der Waals surface area contributed by atoms with Crippen molar-refractivity contribution in [3.63, 3.8) is 0 Å². The summed E-state index contributed by atoms with van der Waals surface area (Å²) >= 11 is 0. The average molecular weight is 319 g/mol. The lowest BCUT2D eigenvalue weighted by atomic mass is 9.76. The highest BCUT2D eigenvalue weighted by molar-refractivity contribution is 5.37. The molecule has 0 bridgehead atoms. The second-order valence-electron chi connectivity index (χ2n) is 8.07. The fraction of sp³-hybridized carbons (Fsp3) is 0.700. The summed E-state index contributed by atoms with van der Waals surface area (Å²) in [7, 11) is 0. The molecule has 0 spiro atoms. The van der Waals surface area contributed by atoms with Gasteiger partial charge in [0.25, 0.3) is 0 Å². The number of aliphatic hydroxyl groups is 1. The van der Waals surface area contributed by atoms with Gasteiger partial charge in [-0.15, -0.1) is 0 Å². The Balaban J connectivity index is 2.18. The highest BCUT2D eigenvalue weighted by Gasteiger charge is 2.28. The van der Waals surface area contributed by atoms with E-state index in [2.05, 4.69) is 50.8 Å². The largest absolute Gasteiger partial charge is 0.395 e. The molecule has 0 aliphatic carbocycles. The molecule has 1 heterocycles. The van der Waals surface area contributed by atoms with Crippen LogP contribution in [0.4, 0.5) is 0 Å². The number of nitrogens with zero attached hydrogens (tertiary/aromatic N) is 1. The van der Waals surface area contributed by atoms with E-state index in [1.54, 1.807) is 0 Å². The summed E-state index contributed by atoms with van der Waals surface area (Å²) in [5, 5.41) is 9.10. The Labute approximate surface area is 141 Å². The summed E-state index contributed by atoms with van der Waals surface area (Å²) in [5.74, 6) is 1.11. The third kappa shape index (κ3) is 4.56. The van der Waals surface area contributed by atoms with E-state index in [0.29, 0.717) is 11.8 Å². The Morgan fingerprint density at radius 1 is 1.26 bits per heavy atom. The van der Waals surface area contributed by atoms with Gasteiger partial charge in [-0.1, -0.05) is 39.0 Å². The van der Waals surface area contributed by atoms with E-state index in [9.17, 15) is 0 Å². The van der Waals surface area contributed by atoms with Crippen LogP contribution in [0.25, 0.3) is 0 Å². The standard InChI is InChI=1S/C20H34N2O/c1-15-5-6-17(20(2,3)4)13-18(15)19(14-21)16-7-9-22(10-8-16)11-12-23/h5-6,13,16,19,23H,7-12,14,21H2,1-4H3. The molecule has 3 heteroatoms. The number of β-amino-alcohol motifs (C(OH)–C–C–N with tert-alkyl or cyclic N) is 1. The maximum absolute atomic E-state index is 9.10. The van der Waals surface area contributed by atoms with Gasteiger partial charge in [-0.25, -0.2) is 0 Å². The minimum absolute atomic E-state index is 0.173. The SMILES string of the molecule is Cc1ccc(C(C)(C)C)cc1C(CN)C1CCN(CCO)CC1. The molecule has 0 radical (unpaired) electrons. The fourth-order valence-electron chi connectivity index (χ4n) is 3.80. The Bertz CT molecular complexity index is 499. The first-order valence-electron chi connectivity index (χ1n) is 9.01. The molecule has 23 heavy (non-hydrogen) atoms. The Kier molecular flexibility index (Phi) is 6.24. The average Bonchev–Trinajstić information content (AvgIpc) is 2.50. The van der Waals surface area contributed by atoms with Crippen molar-refractivity contribution >= 4 is 0 Å². The summed E-state index contributed by atoms with van der Waals surface area (Å²) in [6.07, 6.45) is 2.36. The first-order chi connectivity index (χ1) is 10.9. The van der Waals surface area contributed by atoms with Gasteiger partial charge in [0, 0.05) is 6.54 Å². The maximum atomic E-state index is 9.10. The van der Waals surface area contributed by atoms with Crippen molar-refractivity contribution in [3.8, 4) is 0 Å². The van der Waals surface area contributed by atoms with E-state index in [1.807, 2.05) is 0 Å². The zero-order valence-corrected chi connectivity index (χ0v) is 15.3. The molecule has 0 amide bonds. The number of benzene rings is 1. The quantitative estimate of drug-likeness (QED) is 0.877. The van der Waals surface area contributed by atoms with E-state index < -0.39 is 0 Å². The van der Waals surface area contributed by atoms with Gasteiger partial charge in [-0.3, -0.25) is 0 Å². The molecule has 130 valence electrons. The lowest BCUT2D eigenvalue weighted by molar-refractivity contribution is 0.138. The van der Waals surface area contributed by atoms with Crippen molar-refractivity contribution in [2.75, 3.05) is 32.8 Å². The van der Waals surface area contributed by atoms with Crippen molar-refractivity contribution in [1.82, 2.24) is 4.90 Å². The minimum atomic E-state index is 0.173. The molecule has 0 saturated carbocycles. The van der Waals surface area contributed by atoms with E-state index >= 15 is 0 Å². The Morgan fingerprint density at radius 3 is 2.43 bits per heavy atom. The highest BCUT2D eigenvalue weighted by atomic mass is 16.3. The number of nitrogens with two attached hydrogens (primary N) is 1. The number of aliphatic hydroxyl groups excluding tert-OH is 1. The van der Waals surface area contributed by atoms with Gasteiger partial charge in [-0.05, 0) is 73.3 Å². The van der Waals surface area contributed by atoms with Crippen LogP contribution < -0.4 is 5.73 Å². The predicted octanol–water partition coefficient (Wildman–Crippen LogP) is 3.04. The molecule has 1 fully saturated rings. The fourth-order valence-corrected chi connectivity index (χ4v) is 3.80. The molecule has 1 saturated heterocycles. The summed E-state index contributed by atoms with van der Waals surface area (Å²) in [5.41, 5.74) is 10.6. The van der Waals surface area contributed by atoms with Crippen molar-refractivity contribution < 1.29 is 5.11 Å². The van der Waals surface area contributed by atoms with Gasteiger partial charge in [0.2, 0.25) is 0 Å². The van der Waals surface area contributed by atoms with Gasteiger partial charge in [-0.2, -0.15) is 0 Å². The predicted molar refractivity (Wildman–Crippen MR) is 97.9 cm³/mol. The summed E-state index contributed by atoms with van der Waals surface area (Å²) in [4.78, 5) is 2.36. The minimum Gasteiger partial charge on any atom is -0.395 e. The number of likely N-dealkylation sites (tertiary alicyclic amines) is 1. The zero-order valence-electron chi connectivity index (χ0n) is 15.3. The lowest BCUT2D eigenvalue weighted by Gasteiger charge is -2.36. The monoisotopic (exact) mass is 318 g/mol. The maximum Gasteiger partial charge on any atom is 0.0558 e. The van der Waals surface area contributed by atoms with Crippen molar-refractivity contribution in [3.05, 3.63) is 34.9 Å². The molecular formula is C20H34N2O. The molecule has 1 atom stereocenters. The topological polar surface area (TPSA) is 49.5 Å². The molecule has 1 aromatic carbocycles. The van der Waals surface area contributed by atoms with Crippen LogP contribution in [0.1, 0.15) is 56.2 Å². The van der Waals surface area contributed by atoms with Gasteiger partial charge in [0.1, 0.15) is 0 Å². The van der Waals surface area contributed by atoms with Crippen LogP contribution in [-0.2, 0) is 5.41 Å². The van der Waals surface area contributed by atoms with E-state index in [4.69, 9.17) is 10.8 Å².